The summed E-state index contributed by atoms with van der Waals surface area (Å²) in [5.74, 6) is -0.0686. The minimum absolute atomic E-state index is 0. The molecule has 0 aliphatic rings. The van der Waals surface area contributed by atoms with Gasteiger partial charge in [0.2, 0.25) is 0 Å². The van der Waals surface area contributed by atoms with Crippen molar-refractivity contribution in [1.29, 1.82) is 0 Å². The monoisotopic (exact) mass is 265 g/mol. The first-order valence-corrected chi connectivity index (χ1v) is 7.46. The van der Waals surface area contributed by atoms with Gasteiger partial charge in [-0.2, -0.15) is 0 Å². The number of carbonyl (C=O) groups is 1. The SMILES string of the molecule is CCCCCCCCCCCCOC(=O)CC.[Na]. The van der Waals surface area contributed by atoms with Crippen molar-refractivity contribution in [2.75, 3.05) is 6.61 Å². The van der Waals surface area contributed by atoms with E-state index in [-0.39, 0.29) is 35.5 Å². The molecule has 2 nitrogen and oxygen atoms in total. The molecule has 0 aromatic carbocycles. The molecule has 0 spiro atoms. The minimum atomic E-state index is -0.0686. The van der Waals surface area contributed by atoms with E-state index < -0.39 is 0 Å². The van der Waals surface area contributed by atoms with E-state index in [2.05, 4.69) is 6.92 Å². The molecule has 0 fully saturated rings. The van der Waals surface area contributed by atoms with Crippen molar-refractivity contribution in [2.45, 2.75) is 84.5 Å². The van der Waals surface area contributed by atoms with Gasteiger partial charge in [0.25, 0.3) is 0 Å². The van der Waals surface area contributed by atoms with Crippen LogP contribution >= 0.6 is 0 Å². The van der Waals surface area contributed by atoms with E-state index in [9.17, 15) is 4.79 Å². The summed E-state index contributed by atoms with van der Waals surface area (Å²) >= 11 is 0. The Labute approximate surface area is 136 Å². The predicted molar refractivity (Wildman–Crippen MR) is 78.8 cm³/mol. The molecule has 3 heteroatoms. The van der Waals surface area contributed by atoms with Crippen molar-refractivity contribution in [3.05, 3.63) is 0 Å². The molecule has 18 heavy (non-hydrogen) atoms. The first-order chi connectivity index (χ1) is 8.31. The van der Waals surface area contributed by atoms with Crippen molar-refractivity contribution in [3.8, 4) is 0 Å². The average molecular weight is 265 g/mol. The van der Waals surface area contributed by atoms with Crippen LogP contribution < -0.4 is 0 Å². The number of ether oxygens (including phenoxy) is 1. The Hall–Kier alpha value is 0.470. The molecule has 0 aromatic rings. The summed E-state index contributed by atoms with van der Waals surface area (Å²) in [4.78, 5) is 10.8. The zero-order chi connectivity index (χ0) is 12.8. The maximum atomic E-state index is 10.8. The number of hydrogen-bond acceptors (Lipinski definition) is 2. The van der Waals surface area contributed by atoms with Crippen LogP contribution in [0.3, 0.4) is 0 Å². The third-order valence-electron chi connectivity index (χ3n) is 3.05. The smallest absolute Gasteiger partial charge is 0.305 e. The molecule has 0 bridgehead atoms. The van der Waals surface area contributed by atoms with Gasteiger partial charge < -0.3 is 4.74 Å². The Morgan fingerprint density at radius 1 is 0.778 bits per heavy atom. The summed E-state index contributed by atoms with van der Waals surface area (Å²) < 4.78 is 5.02. The zero-order valence-electron chi connectivity index (χ0n) is 12.8. The molecule has 0 atom stereocenters. The molecular formula is C15H30NaO2. The van der Waals surface area contributed by atoms with E-state index >= 15 is 0 Å². The Balaban J connectivity index is 0. The van der Waals surface area contributed by atoms with Crippen LogP contribution in [0.5, 0.6) is 0 Å². The predicted octanol–water partition coefficient (Wildman–Crippen LogP) is 4.48. The Morgan fingerprint density at radius 2 is 1.22 bits per heavy atom. The molecule has 0 saturated carbocycles. The quantitative estimate of drug-likeness (QED) is 0.295. The topological polar surface area (TPSA) is 26.3 Å². The fraction of sp³-hybridized carbons (Fsp3) is 0.933. The van der Waals surface area contributed by atoms with E-state index in [4.69, 9.17) is 4.74 Å². The second kappa shape index (κ2) is 17.5. The van der Waals surface area contributed by atoms with Gasteiger partial charge in [0.15, 0.2) is 0 Å². The second-order valence-corrected chi connectivity index (χ2v) is 4.76. The summed E-state index contributed by atoms with van der Waals surface area (Å²) in [6, 6.07) is 0. The molecule has 0 aromatic heterocycles. The molecule has 0 heterocycles. The van der Waals surface area contributed by atoms with E-state index in [0.717, 1.165) is 6.42 Å². The van der Waals surface area contributed by atoms with Gasteiger partial charge in [-0.3, -0.25) is 4.79 Å². The van der Waals surface area contributed by atoms with E-state index in [1.165, 1.54) is 57.8 Å². The first-order valence-electron chi connectivity index (χ1n) is 7.46. The van der Waals surface area contributed by atoms with Crippen LogP contribution in [0.15, 0.2) is 0 Å². The Bertz CT molecular complexity index is 172. The molecule has 0 aliphatic heterocycles. The second-order valence-electron chi connectivity index (χ2n) is 4.76. The van der Waals surface area contributed by atoms with Gasteiger partial charge in [-0.15, -0.1) is 0 Å². The third-order valence-corrected chi connectivity index (χ3v) is 3.05. The number of hydrogen-bond donors (Lipinski definition) is 0. The van der Waals surface area contributed by atoms with Crippen molar-refractivity contribution >= 4 is 35.5 Å². The van der Waals surface area contributed by atoms with Gasteiger partial charge in [-0.05, 0) is 6.42 Å². The van der Waals surface area contributed by atoms with E-state index in [1.807, 2.05) is 6.92 Å². The van der Waals surface area contributed by atoms with Crippen molar-refractivity contribution in [1.82, 2.24) is 0 Å². The first kappa shape index (κ1) is 20.8. The maximum Gasteiger partial charge on any atom is 0.305 e. The summed E-state index contributed by atoms with van der Waals surface area (Å²) in [5.41, 5.74) is 0. The van der Waals surface area contributed by atoms with Crippen LogP contribution in [0.25, 0.3) is 0 Å². The van der Waals surface area contributed by atoms with Crippen molar-refractivity contribution in [3.63, 3.8) is 0 Å². The van der Waals surface area contributed by atoms with Gasteiger partial charge in [0.05, 0.1) is 6.61 Å². The van der Waals surface area contributed by atoms with Crippen LogP contribution in [0.2, 0.25) is 0 Å². The van der Waals surface area contributed by atoms with Gasteiger partial charge in [-0.1, -0.05) is 71.6 Å². The molecule has 1 radical (unpaired) electrons. The fourth-order valence-electron chi connectivity index (χ4n) is 1.88. The van der Waals surface area contributed by atoms with Crippen LogP contribution in [0.1, 0.15) is 84.5 Å². The number of carbonyl (C=O) groups excluding carboxylic acids is 1. The van der Waals surface area contributed by atoms with Crippen LogP contribution in [0, 0.1) is 0 Å². The minimum Gasteiger partial charge on any atom is -0.466 e. The molecular weight excluding hydrogens is 235 g/mol. The summed E-state index contributed by atoms with van der Waals surface area (Å²) in [5, 5.41) is 0. The molecule has 0 rings (SSSR count). The number of esters is 1. The molecule has 0 unspecified atom stereocenters. The number of rotatable bonds is 12. The fourth-order valence-corrected chi connectivity index (χ4v) is 1.88. The molecule has 0 N–H and O–H groups in total. The maximum absolute atomic E-state index is 10.8. The van der Waals surface area contributed by atoms with Gasteiger partial charge in [0, 0.05) is 36.0 Å². The molecule has 0 amide bonds. The van der Waals surface area contributed by atoms with Crippen molar-refractivity contribution < 1.29 is 9.53 Å². The Morgan fingerprint density at radius 3 is 1.67 bits per heavy atom. The van der Waals surface area contributed by atoms with E-state index in [1.54, 1.807) is 0 Å². The van der Waals surface area contributed by atoms with Crippen LogP contribution in [-0.2, 0) is 9.53 Å². The Kier molecular flexibility index (Phi) is 20.2. The largest absolute Gasteiger partial charge is 0.466 e. The zero-order valence-corrected chi connectivity index (χ0v) is 14.8. The third kappa shape index (κ3) is 16.5. The van der Waals surface area contributed by atoms with Crippen LogP contribution in [-0.4, -0.2) is 42.1 Å². The van der Waals surface area contributed by atoms with E-state index in [0.29, 0.717) is 13.0 Å². The normalized spacial score (nSPS) is 9.89. The molecule has 0 saturated heterocycles. The number of unbranched alkanes of at least 4 members (excludes halogenated alkanes) is 9. The molecule has 0 aliphatic carbocycles. The van der Waals surface area contributed by atoms with Crippen molar-refractivity contribution in [2.24, 2.45) is 0 Å². The average Bonchev–Trinajstić information content (AvgIpc) is 2.35. The van der Waals surface area contributed by atoms with Crippen LogP contribution in [0.4, 0.5) is 0 Å². The van der Waals surface area contributed by atoms with Gasteiger partial charge in [-0.25, -0.2) is 0 Å². The molecule has 103 valence electrons. The standard InChI is InChI=1S/C15H30O2.Na/c1-3-5-6-7-8-9-10-11-12-13-14-17-15(16)4-2;/h3-14H2,1-2H3;. The van der Waals surface area contributed by atoms with Gasteiger partial charge >= 0.3 is 5.97 Å². The summed E-state index contributed by atoms with van der Waals surface area (Å²) in [6.45, 7) is 4.70. The summed E-state index contributed by atoms with van der Waals surface area (Å²) in [6.07, 6.45) is 13.7. The van der Waals surface area contributed by atoms with Gasteiger partial charge in [0.1, 0.15) is 0 Å². The summed E-state index contributed by atoms with van der Waals surface area (Å²) in [7, 11) is 0.